The van der Waals surface area contributed by atoms with Gasteiger partial charge in [-0.25, -0.2) is 0 Å². The maximum Gasteiger partial charge on any atom is 0.160 e. The Hall–Kier alpha value is -1.94. The number of nitrogens with one attached hydrogen (secondary N) is 1. The van der Waals surface area contributed by atoms with Crippen molar-refractivity contribution >= 4 is 0 Å². The number of benzene rings is 1. The third kappa shape index (κ3) is 3.76. The van der Waals surface area contributed by atoms with Gasteiger partial charge < -0.3 is 19.6 Å². The molecule has 1 aromatic carbocycles. The summed E-state index contributed by atoms with van der Waals surface area (Å²) in [6.45, 7) is 2.80. The summed E-state index contributed by atoms with van der Waals surface area (Å²) in [5.74, 6) is 1.63. The normalized spacial score (nSPS) is 12.3. The zero-order valence-corrected chi connectivity index (χ0v) is 11.2. The number of aromatic hydroxyl groups is 1. The molecule has 0 aliphatic carbocycles. The van der Waals surface area contributed by atoms with Gasteiger partial charge in [0.2, 0.25) is 0 Å². The molecule has 0 spiro atoms. The predicted octanol–water partition coefficient (Wildman–Crippen LogP) is 2.71. The number of phenols is 1. The predicted molar refractivity (Wildman–Crippen MR) is 73.4 cm³/mol. The van der Waals surface area contributed by atoms with Crippen molar-refractivity contribution in [3.05, 3.63) is 47.9 Å². The largest absolute Gasteiger partial charge is 0.504 e. The fourth-order valence-electron chi connectivity index (χ4n) is 1.94. The summed E-state index contributed by atoms with van der Waals surface area (Å²) in [6, 6.07) is 9.58. The first-order chi connectivity index (χ1) is 9.19. The van der Waals surface area contributed by atoms with E-state index in [2.05, 4.69) is 12.2 Å². The average molecular weight is 261 g/mol. The van der Waals surface area contributed by atoms with Crippen LogP contribution in [0.2, 0.25) is 0 Å². The lowest BCUT2D eigenvalue weighted by Gasteiger charge is -2.13. The van der Waals surface area contributed by atoms with Crippen LogP contribution < -0.4 is 10.1 Å². The first kappa shape index (κ1) is 13.5. The van der Waals surface area contributed by atoms with Crippen LogP contribution in [0.3, 0.4) is 0 Å². The van der Waals surface area contributed by atoms with Gasteiger partial charge in [-0.05, 0) is 36.8 Å². The van der Waals surface area contributed by atoms with Gasteiger partial charge in [0.1, 0.15) is 5.76 Å². The fraction of sp³-hybridized carbons (Fsp3) is 0.333. The molecule has 4 heteroatoms. The number of methoxy groups -OCH3 is 1. The van der Waals surface area contributed by atoms with Gasteiger partial charge in [-0.3, -0.25) is 0 Å². The lowest BCUT2D eigenvalue weighted by atomic mass is 10.1. The van der Waals surface area contributed by atoms with E-state index in [4.69, 9.17) is 9.15 Å². The van der Waals surface area contributed by atoms with Crippen molar-refractivity contribution in [3.63, 3.8) is 0 Å². The lowest BCUT2D eigenvalue weighted by Crippen LogP contribution is -2.27. The van der Waals surface area contributed by atoms with E-state index in [1.165, 1.54) is 0 Å². The maximum atomic E-state index is 9.70. The van der Waals surface area contributed by atoms with Gasteiger partial charge in [0.05, 0.1) is 13.4 Å². The minimum atomic E-state index is 0.167. The van der Waals surface area contributed by atoms with Gasteiger partial charge in [-0.15, -0.1) is 0 Å². The smallest absolute Gasteiger partial charge is 0.160 e. The Morgan fingerprint density at radius 2 is 2.21 bits per heavy atom. The molecule has 2 aromatic rings. The van der Waals surface area contributed by atoms with Crippen molar-refractivity contribution in [1.29, 1.82) is 0 Å². The molecule has 0 aliphatic heterocycles. The lowest BCUT2D eigenvalue weighted by molar-refractivity contribution is 0.372. The van der Waals surface area contributed by atoms with Gasteiger partial charge in [-0.2, -0.15) is 0 Å². The molecule has 0 amide bonds. The molecule has 2 N–H and O–H groups in total. The fourth-order valence-corrected chi connectivity index (χ4v) is 1.94. The number of furan rings is 1. The summed E-state index contributed by atoms with van der Waals surface area (Å²) in [4.78, 5) is 0. The van der Waals surface area contributed by atoms with E-state index >= 15 is 0 Å². The summed E-state index contributed by atoms with van der Waals surface area (Å²) in [6.07, 6.45) is 2.53. The van der Waals surface area contributed by atoms with Crippen LogP contribution in [-0.2, 0) is 13.0 Å². The standard InChI is InChI=1S/C15H19NO3/c1-11(8-13-4-3-7-19-13)16-10-12-5-6-15(18-2)14(17)9-12/h3-7,9,11,16-17H,8,10H2,1-2H3. The Kier molecular flexibility index (Phi) is 4.47. The van der Waals surface area contributed by atoms with Crippen molar-refractivity contribution in [1.82, 2.24) is 5.32 Å². The van der Waals surface area contributed by atoms with Gasteiger partial charge in [0.15, 0.2) is 11.5 Å². The molecule has 0 aliphatic rings. The molecule has 1 aromatic heterocycles. The Morgan fingerprint density at radius 1 is 1.37 bits per heavy atom. The van der Waals surface area contributed by atoms with Gasteiger partial charge in [0, 0.05) is 19.0 Å². The molecule has 0 radical (unpaired) electrons. The Labute approximate surface area is 113 Å². The van der Waals surface area contributed by atoms with Crippen LogP contribution in [0.15, 0.2) is 41.0 Å². The van der Waals surface area contributed by atoms with Crippen LogP contribution in [0, 0.1) is 0 Å². The number of hydrogen-bond donors (Lipinski definition) is 2. The monoisotopic (exact) mass is 261 g/mol. The quantitative estimate of drug-likeness (QED) is 0.839. The molecular formula is C15H19NO3. The van der Waals surface area contributed by atoms with E-state index in [1.807, 2.05) is 18.2 Å². The van der Waals surface area contributed by atoms with Gasteiger partial charge in [-0.1, -0.05) is 6.07 Å². The van der Waals surface area contributed by atoms with Crippen LogP contribution in [0.25, 0.3) is 0 Å². The van der Waals surface area contributed by atoms with Crippen LogP contribution in [-0.4, -0.2) is 18.3 Å². The first-order valence-electron chi connectivity index (χ1n) is 6.30. The Bertz CT molecular complexity index is 508. The number of hydrogen-bond acceptors (Lipinski definition) is 4. The maximum absolute atomic E-state index is 9.70. The molecule has 2 rings (SSSR count). The highest BCUT2D eigenvalue weighted by Crippen LogP contribution is 2.26. The third-order valence-electron chi connectivity index (χ3n) is 2.99. The molecule has 4 nitrogen and oxygen atoms in total. The van der Waals surface area contributed by atoms with E-state index in [0.717, 1.165) is 17.7 Å². The van der Waals surface area contributed by atoms with Crippen LogP contribution in [0.4, 0.5) is 0 Å². The molecule has 1 unspecified atom stereocenters. The molecule has 1 heterocycles. The second-order valence-corrected chi connectivity index (χ2v) is 4.57. The molecule has 19 heavy (non-hydrogen) atoms. The van der Waals surface area contributed by atoms with E-state index < -0.39 is 0 Å². The van der Waals surface area contributed by atoms with Crippen molar-refractivity contribution in [2.24, 2.45) is 0 Å². The second-order valence-electron chi connectivity index (χ2n) is 4.57. The van der Waals surface area contributed by atoms with Crippen LogP contribution >= 0.6 is 0 Å². The van der Waals surface area contributed by atoms with E-state index in [1.54, 1.807) is 25.5 Å². The minimum absolute atomic E-state index is 0.167. The van der Waals surface area contributed by atoms with E-state index in [-0.39, 0.29) is 5.75 Å². The second kappa shape index (κ2) is 6.29. The average Bonchev–Trinajstić information content (AvgIpc) is 2.89. The SMILES string of the molecule is COc1ccc(CNC(C)Cc2ccco2)cc1O. The zero-order valence-electron chi connectivity index (χ0n) is 11.2. The molecule has 0 saturated heterocycles. The summed E-state index contributed by atoms with van der Waals surface area (Å²) >= 11 is 0. The molecule has 102 valence electrons. The van der Waals surface area contributed by atoms with Crippen molar-refractivity contribution in [3.8, 4) is 11.5 Å². The van der Waals surface area contributed by atoms with E-state index in [0.29, 0.717) is 18.3 Å². The number of rotatable bonds is 6. The third-order valence-corrected chi connectivity index (χ3v) is 2.99. The zero-order chi connectivity index (χ0) is 13.7. The highest BCUT2D eigenvalue weighted by molar-refractivity contribution is 5.41. The highest BCUT2D eigenvalue weighted by Gasteiger charge is 2.07. The summed E-state index contributed by atoms with van der Waals surface area (Å²) in [5.41, 5.74) is 1.02. The molecular weight excluding hydrogens is 242 g/mol. The van der Waals surface area contributed by atoms with Gasteiger partial charge in [0.25, 0.3) is 0 Å². The minimum Gasteiger partial charge on any atom is -0.504 e. The van der Waals surface area contributed by atoms with Crippen molar-refractivity contribution < 1.29 is 14.3 Å². The molecule has 0 fully saturated rings. The topological polar surface area (TPSA) is 54.6 Å². The van der Waals surface area contributed by atoms with Crippen LogP contribution in [0.5, 0.6) is 11.5 Å². The van der Waals surface area contributed by atoms with Crippen molar-refractivity contribution in [2.45, 2.75) is 25.9 Å². The van der Waals surface area contributed by atoms with Gasteiger partial charge >= 0.3 is 0 Å². The van der Waals surface area contributed by atoms with E-state index in [9.17, 15) is 5.11 Å². The molecule has 0 bridgehead atoms. The number of phenolic OH excluding ortho intramolecular Hbond substituents is 1. The summed E-state index contributed by atoms with van der Waals surface area (Å²) < 4.78 is 10.3. The Morgan fingerprint density at radius 3 is 2.84 bits per heavy atom. The highest BCUT2D eigenvalue weighted by atomic mass is 16.5. The summed E-state index contributed by atoms with van der Waals surface area (Å²) in [7, 11) is 1.54. The van der Waals surface area contributed by atoms with Crippen LogP contribution in [0.1, 0.15) is 18.2 Å². The molecule has 1 atom stereocenters. The summed E-state index contributed by atoms with van der Waals surface area (Å²) in [5, 5.41) is 13.1. The first-order valence-corrected chi connectivity index (χ1v) is 6.30. The Balaban J connectivity index is 1.86. The number of ether oxygens (including phenoxy) is 1. The van der Waals surface area contributed by atoms with Crippen molar-refractivity contribution in [2.75, 3.05) is 7.11 Å². The molecule has 0 saturated carbocycles.